The van der Waals surface area contributed by atoms with Crippen molar-refractivity contribution in [3.8, 4) is 0 Å². The van der Waals surface area contributed by atoms with Gasteiger partial charge in [0.05, 0.1) is 0 Å². The van der Waals surface area contributed by atoms with Crippen LogP contribution in [-0.2, 0) is 0 Å². The number of nitrogens with two attached hydrogens (primary N) is 1. The second-order valence-corrected chi connectivity index (χ2v) is 4.60. The first kappa shape index (κ1) is 14.5. The van der Waals surface area contributed by atoms with Gasteiger partial charge in [-0.05, 0) is 37.3 Å². The third-order valence-corrected chi connectivity index (χ3v) is 2.55. The highest BCUT2D eigenvalue weighted by atomic mass is 35.5. The summed E-state index contributed by atoms with van der Waals surface area (Å²) in [6, 6.07) is 6.70. The van der Waals surface area contributed by atoms with Crippen molar-refractivity contribution >= 4 is 12.4 Å². The molecule has 0 aliphatic rings. The van der Waals surface area contributed by atoms with Crippen LogP contribution in [0.2, 0.25) is 0 Å². The molecule has 1 aromatic rings. The molecule has 1 nitrogen and oxygen atoms in total. The van der Waals surface area contributed by atoms with Crippen molar-refractivity contribution in [3.63, 3.8) is 0 Å². The van der Waals surface area contributed by atoms with Crippen LogP contribution >= 0.6 is 12.4 Å². The number of hydrogen-bond acceptors (Lipinski definition) is 1. The fourth-order valence-corrected chi connectivity index (χ4v) is 1.88. The predicted octanol–water partition coefficient (Wildman–Crippen LogP) is 3.77. The van der Waals surface area contributed by atoms with Crippen LogP contribution in [0.25, 0.3) is 0 Å². The summed E-state index contributed by atoms with van der Waals surface area (Å²) in [5.41, 5.74) is 10.1. The lowest BCUT2D eigenvalue weighted by molar-refractivity contribution is 0.508. The average Bonchev–Trinajstić information content (AvgIpc) is 2.01. The van der Waals surface area contributed by atoms with E-state index in [9.17, 15) is 0 Å². The molecule has 0 spiro atoms. The standard InChI is InChI=1S/C13H21N.ClH/c1-9(2)7-13(14)12-6-5-10(3)8-11(12)4;/h5-6,8-9,13H,7,14H2,1-4H3;1H/t13-;/m1./s1. The van der Waals surface area contributed by atoms with Crippen molar-refractivity contribution in [1.82, 2.24) is 0 Å². The fourth-order valence-electron chi connectivity index (χ4n) is 1.88. The maximum atomic E-state index is 6.15. The molecular formula is C13H22ClN. The van der Waals surface area contributed by atoms with E-state index < -0.39 is 0 Å². The predicted molar refractivity (Wildman–Crippen MR) is 69.5 cm³/mol. The molecule has 2 N–H and O–H groups in total. The van der Waals surface area contributed by atoms with Gasteiger partial charge in [-0.1, -0.05) is 37.6 Å². The largest absolute Gasteiger partial charge is 0.324 e. The Morgan fingerprint density at radius 3 is 2.27 bits per heavy atom. The van der Waals surface area contributed by atoms with Crippen LogP contribution in [0.3, 0.4) is 0 Å². The smallest absolute Gasteiger partial charge is 0.0299 e. The van der Waals surface area contributed by atoms with E-state index in [2.05, 4.69) is 45.9 Å². The van der Waals surface area contributed by atoms with Crippen molar-refractivity contribution in [2.24, 2.45) is 11.7 Å². The molecular weight excluding hydrogens is 206 g/mol. The van der Waals surface area contributed by atoms with E-state index in [0.717, 1.165) is 6.42 Å². The Kier molecular flexibility index (Phi) is 5.92. The van der Waals surface area contributed by atoms with Crippen molar-refractivity contribution in [1.29, 1.82) is 0 Å². The zero-order chi connectivity index (χ0) is 10.7. The molecule has 0 amide bonds. The van der Waals surface area contributed by atoms with E-state index in [-0.39, 0.29) is 18.4 Å². The van der Waals surface area contributed by atoms with Crippen LogP contribution in [-0.4, -0.2) is 0 Å². The van der Waals surface area contributed by atoms with Gasteiger partial charge >= 0.3 is 0 Å². The van der Waals surface area contributed by atoms with Gasteiger partial charge in [0.2, 0.25) is 0 Å². The summed E-state index contributed by atoms with van der Waals surface area (Å²) < 4.78 is 0. The molecule has 0 bridgehead atoms. The summed E-state index contributed by atoms with van der Waals surface area (Å²) in [7, 11) is 0. The fraction of sp³-hybridized carbons (Fsp3) is 0.538. The van der Waals surface area contributed by atoms with Crippen molar-refractivity contribution in [2.45, 2.75) is 40.2 Å². The Hall–Kier alpha value is -0.530. The Balaban J connectivity index is 0.00000196. The molecule has 1 aromatic carbocycles. The summed E-state index contributed by atoms with van der Waals surface area (Å²) in [6.45, 7) is 8.68. The highest BCUT2D eigenvalue weighted by Crippen LogP contribution is 2.22. The molecule has 1 rings (SSSR count). The summed E-state index contributed by atoms with van der Waals surface area (Å²) in [5, 5.41) is 0. The maximum Gasteiger partial charge on any atom is 0.0299 e. The summed E-state index contributed by atoms with van der Waals surface area (Å²) in [5.74, 6) is 0.658. The number of halogens is 1. The third kappa shape index (κ3) is 4.23. The van der Waals surface area contributed by atoms with Gasteiger partial charge in [-0.2, -0.15) is 0 Å². The van der Waals surface area contributed by atoms with Gasteiger partial charge in [-0.15, -0.1) is 12.4 Å². The zero-order valence-electron chi connectivity index (χ0n) is 10.1. The normalized spacial score (nSPS) is 12.4. The monoisotopic (exact) mass is 227 g/mol. The second-order valence-electron chi connectivity index (χ2n) is 4.60. The molecule has 0 aliphatic carbocycles. The minimum absolute atomic E-state index is 0. The number of aryl methyl sites for hydroxylation is 2. The quantitative estimate of drug-likeness (QED) is 0.836. The Labute approximate surface area is 99.5 Å². The Bertz CT molecular complexity index is 307. The average molecular weight is 228 g/mol. The van der Waals surface area contributed by atoms with Gasteiger partial charge in [0.1, 0.15) is 0 Å². The summed E-state index contributed by atoms with van der Waals surface area (Å²) >= 11 is 0. The van der Waals surface area contributed by atoms with E-state index in [1.807, 2.05) is 0 Å². The van der Waals surface area contributed by atoms with E-state index in [1.165, 1.54) is 16.7 Å². The summed E-state index contributed by atoms with van der Waals surface area (Å²) in [4.78, 5) is 0. The number of rotatable bonds is 3. The van der Waals surface area contributed by atoms with E-state index in [4.69, 9.17) is 5.73 Å². The molecule has 0 aromatic heterocycles. The van der Waals surface area contributed by atoms with Gasteiger partial charge in [0.15, 0.2) is 0 Å². The summed E-state index contributed by atoms with van der Waals surface area (Å²) in [6.07, 6.45) is 1.06. The minimum Gasteiger partial charge on any atom is -0.324 e. The third-order valence-electron chi connectivity index (χ3n) is 2.55. The molecule has 86 valence electrons. The first-order valence-electron chi connectivity index (χ1n) is 5.33. The molecule has 0 heterocycles. The first-order valence-corrected chi connectivity index (χ1v) is 5.33. The second kappa shape index (κ2) is 6.14. The molecule has 15 heavy (non-hydrogen) atoms. The van der Waals surface area contributed by atoms with Crippen molar-refractivity contribution in [2.75, 3.05) is 0 Å². The maximum absolute atomic E-state index is 6.15. The molecule has 0 fully saturated rings. The van der Waals surface area contributed by atoms with Crippen molar-refractivity contribution < 1.29 is 0 Å². The highest BCUT2D eigenvalue weighted by Gasteiger charge is 2.10. The topological polar surface area (TPSA) is 26.0 Å². The van der Waals surface area contributed by atoms with Crippen LogP contribution in [0, 0.1) is 19.8 Å². The Morgan fingerprint density at radius 2 is 1.80 bits per heavy atom. The number of benzene rings is 1. The van der Waals surface area contributed by atoms with Crippen LogP contribution in [0.4, 0.5) is 0 Å². The van der Waals surface area contributed by atoms with Crippen LogP contribution in [0.1, 0.15) is 43.0 Å². The minimum atomic E-state index is 0. The van der Waals surface area contributed by atoms with E-state index in [0.29, 0.717) is 5.92 Å². The molecule has 1 atom stereocenters. The van der Waals surface area contributed by atoms with E-state index in [1.54, 1.807) is 0 Å². The van der Waals surface area contributed by atoms with Gasteiger partial charge in [-0.3, -0.25) is 0 Å². The molecule has 0 aliphatic heterocycles. The lowest BCUT2D eigenvalue weighted by Crippen LogP contribution is -2.14. The Morgan fingerprint density at radius 1 is 1.20 bits per heavy atom. The van der Waals surface area contributed by atoms with Gasteiger partial charge < -0.3 is 5.73 Å². The molecule has 2 heteroatoms. The number of hydrogen-bond donors (Lipinski definition) is 1. The van der Waals surface area contributed by atoms with Gasteiger partial charge in [0.25, 0.3) is 0 Å². The molecule has 0 saturated heterocycles. The lowest BCUT2D eigenvalue weighted by Gasteiger charge is -2.17. The van der Waals surface area contributed by atoms with Gasteiger partial charge in [0, 0.05) is 6.04 Å². The SMILES string of the molecule is Cc1ccc([C@H](N)CC(C)C)c(C)c1.Cl. The zero-order valence-corrected chi connectivity index (χ0v) is 10.9. The van der Waals surface area contributed by atoms with Crippen LogP contribution in [0.15, 0.2) is 18.2 Å². The van der Waals surface area contributed by atoms with Gasteiger partial charge in [-0.25, -0.2) is 0 Å². The van der Waals surface area contributed by atoms with Crippen LogP contribution < -0.4 is 5.73 Å². The first-order chi connectivity index (χ1) is 6.50. The van der Waals surface area contributed by atoms with Crippen LogP contribution in [0.5, 0.6) is 0 Å². The highest BCUT2D eigenvalue weighted by molar-refractivity contribution is 5.85. The molecule has 0 unspecified atom stereocenters. The van der Waals surface area contributed by atoms with Crippen molar-refractivity contribution in [3.05, 3.63) is 34.9 Å². The lowest BCUT2D eigenvalue weighted by atomic mass is 9.94. The van der Waals surface area contributed by atoms with E-state index >= 15 is 0 Å². The molecule has 0 radical (unpaired) electrons. The molecule has 0 saturated carbocycles.